The van der Waals surface area contributed by atoms with E-state index in [4.69, 9.17) is 4.74 Å². The molecule has 2 nitrogen and oxygen atoms in total. The second kappa shape index (κ2) is 12.3. The van der Waals surface area contributed by atoms with E-state index in [0.717, 1.165) is 44.6 Å². The molecular formula is C37H45NO. The highest BCUT2D eigenvalue weighted by Crippen LogP contribution is 2.40. The van der Waals surface area contributed by atoms with Crippen LogP contribution in [0.2, 0.25) is 0 Å². The normalized spacial score (nSPS) is 16.8. The Morgan fingerprint density at radius 2 is 1.87 bits per heavy atom. The molecule has 0 unspecified atom stereocenters. The van der Waals surface area contributed by atoms with E-state index in [1.165, 1.54) is 55.8 Å². The van der Waals surface area contributed by atoms with Crippen molar-refractivity contribution < 1.29 is 4.74 Å². The molecule has 1 N–H and O–H groups in total. The van der Waals surface area contributed by atoms with Crippen LogP contribution < -0.4 is 5.32 Å². The Hall–Kier alpha value is -3.28. The van der Waals surface area contributed by atoms with Gasteiger partial charge < -0.3 is 10.1 Å². The molecule has 0 spiro atoms. The number of ether oxygens (including phenoxy) is 1. The van der Waals surface area contributed by atoms with Gasteiger partial charge in [0.2, 0.25) is 0 Å². The molecule has 1 fully saturated rings. The van der Waals surface area contributed by atoms with Crippen molar-refractivity contribution in [3.8, 4) is 11.8 Å². The SMILES string of the molecule is C=C(CC)c1ccc(/C(C)=C/C2=C(C)C(c3ccc(C(C)(C)C4CCOCC4)c(C#CC)c3)=CCN2)c(C)c1. The fraction of sp³-hybridized carbons (Fsp3) is 0.405. The Morgan fingerprint density at radius 1 is 1.13 bits per heavy atom. The molecule has 0 atom stereocenters. The zero-order valence-corrected chi connectivity index (χ0v) is 25.1. The molecule has 0 saturated carbocycles. The van der Waals surface area contributed by atoms with Gasteiger partial charge in [-0.15, -0.1) is 5.92 Å². The first-order chi connectivity index (χ1) is 18.7. The zero-order valence-electron chi connectivity index (χ0n) is 25.1. The van der Waals surface area contributed by atoms with E-state index in [1.54, 1.807) is 0 Å². The van der Waals surface area contributed by atoms with Crippen molar-refractivity contribution in [3.05, 3.63) is 99.8 Å². The highest BCUT2D eigenvalue weighted by atomic mass is 16.5. The predicted octanol–water partition coefficient (Wildman–Crippen LogP) is 8.86. The maximum atomic E-state index is 5.66. The predicted molar refractivity (Wildman–Crippen MR) is 168 cm³/mol. The minimum absolute atomic E-state index is 0.0524. The molecule has 2 heterocycles. The van der Waals surface area contributed by atoms with Gasteiger partial charge in [0.25, 0.3) is 0 Å². The summed E-state index contributed by atoms with van der Waals surface area (Å²) in [6.07, 6.45) is 7.79. The summed E-state index contributed by atoms with van der Waals surface area (Å²) in [4.78, 5) is 0. The molecule has 204 valence electrons. The van der Waals surface area contributed by atoms with Crippen LogP contribution in [0.1, 0.15) is 94.2 Å². The van der Waals surface area contributed by atoms with Crippen LogP contribution in [-0.2, 0) is 10.2 Å². The van der Waals surface area contributed by atoms with Crippen LogP contribution in [0.5, 0.6) is 0 Å². The third-order valence-corrected chi connectivity index (χ3v) is 8.78. The molecule has 0 radical (unpaired) electrons. The number of hydrogen-bond acceptors (Lipinski definition) is 2. The van der Waals surface area contributed by atoms with Crippen LogP contribution in [-0.4, -0.2) is 19.8 Å². The molecule has 39 heavy (non-hydrogen) atoms. The van der Waals surface area contributed by atoms with E-state index < -0.39 is 0 Å². The molecule has 1 saturated heterocycles. The van der Waals surface area contributed by atoms with Gasteiger partial charge in [0.15, 0.2) is 0 Å². The molecule has 2 aromatic rings. The Kier molecular flexibility index (Phi) is 9.04. The summed E-state index contributed by atoms with van der Waals surface area (Å²) < 4.78 is 5.66. The third kappa shape index (κ3) is 6.15. The van der Waals surface area contributed by atoms with Gasteiger partial charge in [0.1, 0.15) is 0 Å². The van der Waals surface area contributed by atoms with E-state index >= 15 is 0 Å². The van der Waals surface area contributed by atoms with E-state index in [-0.39, 0.29) is 5.41 Å². The monoisotopic (exact) mass is 519 g/mol. The molecule has 0 bridgehead atoms. The molecule has 4 rings (SSSR count). The smallest absolute Gasteiger partial charge is 0.0469 e. The number of allylic oxidation sites excluding steroid dienone is 5. The Balaban J connectivity index is 1.67. The molecule has 0 aromatic heterocycles. The van der Waals surface area contributed by atoms with Gasteiger partial charge in [0.05, 0.1) is 0 Å². The lowest BCUT2D eigenvalue weighted by Crippen LogP contribution is -2.34. The van der Waals surface area contributed by atoms with Crippen LogP contribution >= 0.6 is 0 Å². The van der Waals surface area contributed by atoms with Crippen LogP contribution in [0.3, 0.4) is 0 Å². The molecule has 2 heteroatoms. The number of nitrogens with one attached hydrogen (secondary N) is 1. The molecule has 2 aromatic carbocycles. The summed E-state index contributed by atoms with van der Waals surface area (Å²) in [7, 11) is 0. The summed E-state index contributed by atoms with van der Waals surface area (Å²) in [6, 6.07) is 13.6. The lowest BCUT2D eigenvalue weighted by molar-refractivity contribution is 0.0436. The van der Waals surface area contributed by atoms with Crippen LogP contribution in [0.4, 0.5) is 0 Å². The highest BCUT2D eigenvalue weighted by Gasteiger charge is 2.34. The van der Waals surface area contributed by atoms with Crippen molar-refractivity contribution in [1.82, 2.24) is 5.32 Å². The Bertz CT molecular complexity index is 1400. The van der Waals surface area contributed by atoms with E-state index in [2.05, 4.69) is 114 Å². The quantitative estimate of drug-likeness (QED) is 0.369. The van der Waals surface area contributed by atoms with Gasteiger partial charge in [-0.25, -0.2) is 0 Å². The lowest BCUT2D eigenvalue weighted by atomic mass is 9.68. The van der Waals surface area contributed by atoms with Gasteiger partial charge >= 0.3 is 0 Å². The summed E-state index contributed by atoms with van der Waals surface area (Å²) >= 11 is 0. The largest absolute Gasteiger partial charge is 0.381 e. The van der Waals surface area contributed by atoms with Crippen molar-refractivity contribution in [2.75, 3.05) is 19.8 Å². The van der Waals surface area contributed by atoms with Crippen molar-refractivity contribution >= 4 is 16.7 Å². The summed E-state index contributed by atoms with van der Waals surface area (Å²) in [5.41, 5.74) is 13.8. The van der Waals surface area contributed by atoms with Crippen molar-refractivity contribution in [1.29, 1.82) is 0 Å². The summed E-state index contributed by atoms with van der Waals surface area (Å²) in [5, 5.41) is 3.62. The van der Waals surface area contributed by atoms with E-state index in [9.17, 15) is 0 Å². The van der Waals surface area contributed by atoms with Crippen LogP contribution in [0.15, 0.2) is 66.4 Å². The second-order valence-corrected chi connectivity index (χ2v) is 11.6. The van der Waals surface area contributed by atoms with Crippen molar-refractivity contribution in [3.63, 3.8) is 0 Å². The van der Waals surface area contributed by atoms with Crippen molar-refractivity contribution in [2.24, 2.45) is 5.92 Å². The molecule has 2 aliphatic rings. The van der Waals surface area contributed by atoms with Gasteiger partial charge in [-0.3, -0.25) is 0 Å². The first kappa shape index (κ1) is 28.7. The fourth-order valence-corrected chi connectivity index (χ4v) is 6.16. The standard InChI is InChI=1S/C37H45NO/c1-9-11-31-24-30(13-15-35(31)37(7,8)32-17-20-39-21-18-32)34-16-19-38-36(28(34)6)23-27(5)33-14-12-29(22-26(33)4)25(3)10-2/h12-16,22-24,32,38H,3,10,17-21H2,1-2,4-8H3/b27-23+. The number of aryl methyl sites for hydroxylation is 1. The van der Waals surface area contributed by atoms with Crippen molar-refractivity contribution in [2.45, 2.75) is 73.1 Å². The molecule has 0 amide bonds. The minimum atomic E-state index is 0.0524. The maximum Gasteiger partial charge on any atom is 0.0469 e. The topological polar surface area (TPSA) is 21.3 Å². The molecule has 2 aliphatic heterocycles. The third-order valence-electron chi connectivity index (χ3n) is 8.78. The number of dihydropyridines is 1. The van der Waals surface area contributed by atoms with Crippen LogP contribution in [0.25, 0.3) is 16.7 Å². The number of hydrogen-bond donors (Lipinski definition) is 1. The lowest BCUT2D eigenvalue weighted by Gasteiger charge is -2.38. The molecular weight excluding hydrogens is 474 g/mol. The van der Waals surface area contributed by atoms with E-state index in [1.807, 2.05) is 6.92 Å². The van der Waals surface area contributed by atoms with E-state index in [0.29, 0.717) is 5.92 Å². The number of rotatable bonds is 7. The van der Waals surface area contributed by atoms with Gasteiger partial charge in [-0.05, 0) is 121 Å². The average Bonchev–Trinajstić information content (AvgIpc) is 2.94. The average molecular weight is 520 g/mol. The fourth-order valence-electron chi connectivity index (χ4n) is 6.16. The maximum absolute atomic E-state index is 5.66. The second-order valence-electron chi connectivity index (χ2n) is 11.6. The summed E-state index contributed by atoms with van der Waals surface area (Å²) in [5.74, 6) is 7.23. The highest BCUT2D eigenvalue weighted by molar-refractivity contribution is 5.83. The first-order valence-electron chi connectivity index (χ1n) is 14.5. The van der Waals surface area contributed by atoms with Crippen LogP contribution in [0, 0.1) is 24.7 Å². The van der Waals surface area contributed by atoms with Gasteiger partial charge in [-0.2, -0.15) is 0 Å². The Labute approximate surface area is 237 Å². The first-order valence-corrected chi connectivity index (χ1v) is 14.5. The summed E-state index contributed by atoms with van der Waals surface area (Å²) in [6.45, 7) is 22.2. The van der Waals surface area contributed by atoms with Gasteiger partial charge in [0, 0.05) is 31.0 Å². The minimum Gasteiger partial charge on any atom is -0.381 e. The zero-order chi connectivity index (χ0) is 28.2. The van der Waals surface area contributed by atoms with Gasteiger partial charge in [-0.1, -0.05) is 69.7 Å². The number of benzene rings is 2. The molecule has 0 aliphatic carbocycles. The Morgan fingerprint density at radius 3 is 2.54 bits per heavy atom.